The topological polar surface area (TPSA) is 79.3 Å². The van der Waals surface area contributed by atoms with Crippen LogP contribution >= 0.6 is 0 Å². The molecule has 0 spiro atoms. The van der Waals surface area contributed by atoms with Gasteiger partial charge in [0.05, 0.1) is 18.8 Å². The second kappa shape index (κ2) is 8.06. The number of carboxylic acids is 1. The summed E-state index contributed by atoms with van der Waals surface area (Å²) >= 11 is 0. The smallest absolute Gasteiger partial charge is 0.329 e. The van der Waals surface area contributed by atoms with E-state index in [9.17, 15) is 9.59 Å². The van der Waals surface area contributed by atoms with Crippen LogP contribution in [0.5, 0.6) is 0 Å². The molecule has 7 nitrogen and oxygen atoms in total. The quantitative estimate of drug-likeness (QED) is 0.776. The Morgan fingerprint density at radius 2 is 2.00 bits per heavy atom. The fourth-order valence-corrected chi connectivity index (χ4v) is 2.17. The number of aliphatic carboxylic acids is 1. The van der Waals surface area contributed by atoms with Gasteiger partial charge in [-0.3, -0.25) is 0 Å². The lowest BCUT2D eigenvalue weighted by molar-refractivity contribution is -0.145. The van der Waals surface area contributed by atoms with Crippen LogP contribution in [0.1, 0.15) is 19.8 Å². The summed E-state index contributed by atoms with van der Waals surface area (Å²) in [5, 5.41) is 8.56. The number of amides is 2. The highest BCUT2D eigenvalue weighted by Crippen LogP contribution is 2.15. The molecule has 1 unspecified atom stereocenters. The number of hydrogen-bond acceptors (Lipinski definition) is 4. The summed E-state index contributed by atoms with van der Waals surface area (Å²) in [5.74, 6) is -0.961. The SMILES string of the molecule is COCC(C)N(C)C(=O)N1CCC(OCC(=O)O)CC1. The monoisotopic (exact) mass is 288 g/mol. The molecule has 0 aliphatic carbocycles. The number of carboxylic acid groups (broad SMARTS) is 1. The van der Waals surface area contributed by atoms with Crippen molar-refractivity contribution in [2.45, 2.75) is 31.9 Å². The molecule has 1 fully saturated rings. The zero-order chi connectivity index (χ0) is 15.1. The second-order valence-electron chi connectivity index (χ2n) is 5.09. The van der Waals surface area contributed by atoms with Gasteiger partial charge in [-0.2, -0.15) is 0 Å². The summed E-state index contributed by atoms with van der Waals surface area (Å²) in [5.41, 5.74) is 0. The number of methoxy groups -OCH3 is 1. The normalized spacial score (nSPS) is 17.9. The van der Waals surface area contributed by atoms with Gasteiger partial charge in [-0.1, -0.05) is 0 Å². The van der Waals surface area contributed by atoms with Crippen molar-refractivity contribution in [1.82, 2.24) is 9.80 Å². The molecule has 0 aromatic carbocycles. The molecule has 116 valence electrons. The Labute approximate surface area is 119 Å². The number of ether oxygens (including phenoxy) is 2. The van der Waals surface area contributed by atoms with Gasteiger partial charge in [0.25, 0.3) is 0 Å². The van der Waals surface area contributed by atoms with Crippen LogP contribution in [0.15, 0.2) is 0 Å². The standard InChI is InChI=1S/C13H24N2O5/c1-10(8-19-3)14(2)13(18)15-6-4-11(5-7-15)20-9-12(16)17/h10-11H,4-9H2,1-3H3,(H,16,17). The Morgan fingerprint density at radius 3 is 2.50 bits per heavy atom. The van der Waals surface area contributed by atoms with E-state index in [0.717, 1.165) is 0 Å². The van der Waals surface area contributed by atoms with Gasteiger partial charge in [0.1, 0.15) is 6.61 Å². The van der Waals surface area contributed by atoms with Crippen LogP contribution in [0.3, 0.4) is 0 Å². The first kappa shape index (κ1) is 16.7. The molecule has 1 heterocycles. The largest absolute Gasteiger partial charge is 0.480 e. The number of hydrogen-bond donors (Lipinski definition) is 1. The lowest BCUT2D eigenvalue weighted by Crippen LogP contribution is -2.50. The summed E-state index contributed by atoms with van der Waals surface area (Å²) in [4.78, 5) is 26.1. The van der Waals surface area contributed by atoms with Gasteiger partial charge in [-0.25, -0.2) is 9.59 Å². The molecule has 1 N–H and O–H groups in total. The maximum Gasteiger partial charge on any atom is 0.329 e. The van der Waals surface area contributed by atoms with Gasteiger partial charge in [0.2, 0.25) is 0 Å². The van der Waals surface area contributed by atoms with Crippen molar-refractivity contribution in [2.75, 3.05) is 40.5 Å². The van der Waals surface area contributed by atoms with Gasteiger partial charge in [0.15, 0.2) is 0 Å². The van der Waals surface area contributed by atoms with Crippen LogP contribution in [0.25, 0.3) is 0 Å². The molecule has 0 saturated carbocycles. The van der Waals surface area contributed by atoms with E-state index in [1.807, 2.05) is 6.92 Å². The first-order chi connectivity index (χ1) is 9.45. The molecule has 7 heteroatoms. The fraction of sp³-hybridized carbons (Fsp3) is 0.846. The maximum atomic E-state index is 12.2. The van der Waals surface area contributed by atoms with Crippen LogP contribution in [0, 0.1) is 0 Å². The first-order valence-electron chi connectivity index (χ1n) is 6.79. The first-order valence-corrected chi connectivity index (χ1v) is 6.79. The zero-order valence-electron chi connectivity index (χ0n) is 12.4. The molecule has 2 amide bonds. The maximum absolute atomic E-state index is 12.2. The lowest BCUT2D eigenvalue weighted by atomic mass is 10.1. The summed E-state index contributed by atoms with van der Waals surface area (Å²) in [7, 11) is 3.37. The van der Waals surface area contributed by atoms with E-state index < -0.39 is 5.97 Å². The Kier molecular flexibility index (Phi) is 6.74. The highest BCUT2D eigenvalue weighted by Gasteiger charge is 2.27. The lowest BCUT2D eigenvalue weighted by Gasteiger charge is -2.36. The molecule has 0 aromatic heterocycles. The average molecular weight is 288 g/mol. The van der Waals surface area contributed by atoms with E-state index in [1.54, 1.807) is 24.0 Å². The summed E-state index contributed by atoms with van der Waals surface area (Å²) in [6.45, 7) is 3.34. The number of piperidine rings is 1. The van der Waals surface area contributed by atoms with E-state index in [2.05, 4.69) is 0 Å². The highest BCUT2D eigenvalue weighted by atomic mass is 16.5. The molecular weight excluding hydrogens is 264 g/mol. The van der Waals surface area contributed by atoms with Crippen molar-refractivity contribution in [3.8, 4) is 0 Å². The molecule has 0 radical (unpaired) electrons. The molecule has 0 bridgehead atoms. The van der Waals surface area contributed by atoms with E-state index >= 15 is 0 Å². The van der Waals surface area contributed by atoms with Crippen molar-refractivity contribution in [1.29, 1.82) is 0 Å². The predicted molar refractivity (Wildman–Crippen MR) is 72.7 cm³/mol. The third kappa shape index (κ3) is 4.97. The Hall–Kier alpha value is -1.34. The summed E-state index contributed by atoms with van der Waals surface area (Å²) in [6.07, 6.45) is 1.27. The number of rotatable bonds is 6. The van der Waals surface area contributed by atoms with Crippen LogP contribution in [0.2, 0.25) is 0 Å². The van der Waals surface area contributed by atoms with E-state index in [1.165, 1.54) is 0 Å². The Balaban J connectivity index is 2.36. The second-order valence-corrected chi connectivity index (χ2v) is 5.09. The Bertz CT molecular complexity index is 329. The van der Waals surface area contributed by atoms with E-state index in [-0.39, 0.29) is 24.8 Å². The predicted octanol–water partition coefficient (Wildman–Crippen LogP) is 0.639. The van der Waals surface area contributed by atoms with Crippen molar-refractivity contribution in [3.63, 3.8) is 0 Å². The molecule has 1 atom stereocenters. The van der Waals surface area contributed by atoms with E-state index in [0.29, 0.717) is 32.5 Å². The van der Waals surface area contributed by atoms with Crippen molar-refractivity contribution in [2.24, 2.45) is 0 Å². The average Bonchev–Trinajstić information content (AvgIpc) is 2.44. The molecule has 20 heavy (non-hydrogen) atoms. The minimum absolute atomic E-state index is 0.0217. The van der Waals surface area contributed by atoms with Crippen molar-refractivity contribution >= 4 is 12.0 Å². The molecule has 1 saturated heterocycles. The molecule has 0 aromatic rings. The number of likely N-dealkylation sites (tertiary alicyclic amines) is 1. The number of carbonyl (C=O) groups excluding carboxylic acids is 1. The van der Waals surface area contributed by atoms with Crippen molar-refractivity contribution in [3.05, 3.63) is 0 Å². The van der Waals surface area contributed by atoms with Crippen LogP contribution in [0.4, 0.5) is 4.79 Å². The zero-order valence-corrected chi connectivity index (χ0v) is 12.4. The van der Waals surface area contributed by atoms with Crippen molar-refractivity contribution < 1.29 is 24.2 Å². The summed E-state index contributed by atoms with van der Waals surface area (Å²) in [6, 6.07) is -0.000261. The third-order valence-electron chi connectivity index (χ3n) is 3.53. The van der Waals surface area contributed by atoms with Gasteiger partial charge >= 0.3 is 12.0 Å². The van der Waals surface area contributed by atoms with E-state index in [4.69, 9.17) is 14.6 Å². The molecule has 1 rings (SSSR count). The van der Waals surface area contributed by atoms with Crippen LogP contribution in [-0.4, -0.2) is 79.5 Å². The molecule has 1 aliphatic heterocycles. The minimum Gasteiger partial charge on any atom is -0.480 e. The number of urea groups is 1. The molecule has 1 aliphatic rings. The van der Waals surface area contributed by atoms with Gasteiger partial charge in [-0.15, -0.1) is 0 Å². The minimum atomic E-state index is -0.961. The fourth-order valence-electron chi connectivity index (χ4n) is 2.17. The van der Waals surface area contributed by atoms with Crippen LogP contribution < -0.4 is 0 Å². The van der Waals surface area contributed by atoms with Crippen LogP contribution in [-0.2, 0) is 14.3 Å². The molecular formula is C13H24N2O5. The number of nitrogens with zero attached hydrogens (tertiary/aromatic N) is 2. The number of carbonyl (C=O) groups is 2. The highest BCUT2D eigenvalue weighted by molar-refractivity contribution is 5.74. The van der Waals surface area contributed by atoms with Gasteiger partial charge in [-0.05, 0) is 19.8 Å². The van der Waals surface area contributed by atoms with Gasteiger partial charge < -0.3 is 24.4 Å². The van der Waals surface area contributed by atoms with Gasteiger partial charge in [0, 0.05) is 27.2 Å². The summed E-state index contributed by atoms with van der Waals surface area (Å²) < 4.78 is 10.3. The Morgan fingerprint density at radius 1 is 1.40 bits per heavy atom. The number of likely N-dealkylation sites (N-methyl/N-ethyl adjacent to an activating group) is 1. The third-order valence-corrected chi connectivity index (χ3v) is 3.53.